The fraction of sp³-hybridized carbons (Fsp3) is 0.300. The van der Waals surface area contributed by atoms with Gasteiger partial charge in [-0.05, 0) is 55.2 Å². The number of esters is 1. The van der Waals surface area contributed by atoms with Crippen molar-refractivity contribution in [3.63, 3.8) is 0 Å². The molecule has 1 unspecified atom stereocenters. The second kappa shape index (κ2) is 11.6. The van der Waals surface area contributed by atoms with Gasteiger partial charge in [0.05, 0.1) is 23.8 Å². The Morgan fingerprint density at radius 3 is 2.35 bits per heavy atom. The van der Waals surface area contributed by atoms with E-state index in [1.807, 2.05) is 61.5 Å². The van der Waals surface area contributed by atoms with Crippen LogP contribution in [-0.4, -0.2) is 61.6 Å². The van der Waals surface area contributed by atoms with E-state index in [-0.39, 0.29) is 11.4 Å². The van der Waals surface area contributed by atoms with E-state index in [0.717, 1.165) is 22.4 Å². The summed E-state index contributed by atoms with van der Waals surface area (Å²) in [6, 6.07) is 22.1. The monoisotopic (exact) mass is 561 g/mol. The van der Waals surface area contributed by atoms with Crippen molar-refractivity contribution >= 4 is 27.6 Å². The van der Waals surface area contributed by atoms with Crippen LogP contribution in [0.4, 0.5) is 0 Å². The molecule has 208 valence electrons. The second-order valence-corrected chi connectivity index (χ2v) is 11.7. The lowest BCUT2D eigenvalue weighted by Gasteiger charge is -2.24. The van der Waals surface area contributed by atoms with Crippen LogP contribution in [0.25, 0.3) is 0 Å². The van der Waals surface area contributed by atoms with Gasteiger partial charge in [0.1, 0.15) is 11.8 Å². The van der Waals surface area contributed by atoms with Crippen LogP contribution in [0.1, 0.15) is 42.0 Å². The Morgan fingerprint density at radius 2 is 1.68 bits per heavy atom. The van der Waals surface area contributed by atoms with Crippen LogP contribution in [-0.2, 0) is 24.3 Å². The summed E-state index contributed by atoms with van der Waals surface area (Å²) >= 11 is 0. The molecule has 0 radical (unpaired) electrons. The number of benzene rings is 3. The summed E-state index contributed by atoms with van der Waals surface area (Å²) in [6.07, 6.45) is 1.34. The third-order valence-electron chi connectivity index (χ3n) is 7.21. The van der Waals surface area contributed by atoms with Crippen LogP contribution in [0.3, 0.4) is 0 Å². The smallest absolute Gasteiger partial charge is 0.324 e. The van der Waals surface area contributed by atoms with Gasteiger partial charge in [0.15, 0.2) is 6.61 Å². The highest BCUT2D eigenvalue weighted by Crippen LogP contribution is 2.34. The Hall–Kier alpha value is -4.02. The first-order valence-corrected chi connectivity index (χ1v) is 14.6. The van der Waals surface area contributed by atoms with Gasteiger partial charge >= 0.3 is 5.97 Å². The zero-order valence-corrected chi connectivity index (χ0v) is 23.2. The molecule has 2 aliphatic rings. The van der Waals surface area contributed by atoms with E-state index in [1.54, 1.807) is 19.2 Å². The highest BCUT2D eigenvalue weighted by Gasteiger charge is 2.41. The average molecular weight is 562 g/mol. The molecule has 0 aliphatic carbocycles. The summed E-state index contributed by atoms with van der Waals surface area (Å²) in [5.74, 6) is -0.542. The van der Waals surface area contributed by atoms with Gasteiger partial charge in [0.25, 0.3) is 5.91 Å². The summed E-state index contributed by atoms with van der Waals surface area (Å²) in [5, 5.41) is 5.96. The summed E-state index contributed by atoms with van der Waals surface area (Å²) in [5.41, 5.74) is 3.44. The molecule has 0 bridgehead atoms. The Balaban J connectivity index is 1.31. The molecule has 0 spiro atoms. The molecule has 2 heterocycles. The summed E-state index contributed by atoms with van der Waals surface area (Å²) in [4.78, 5) is 26.6. The van der Waals surface area contributed by atoms with Crippen molar-refractivity contribution < 1.29 is 27.5 Å². The fourth-order valence-corrected chi connectivity index (χ4v) is 6.68. The molecule has 3 aromatic carbocycles. The Bertz CT molecular complexity index is 1510. The van der Waals surface area contributed by atoms with Crippen LogP contribution in [0.15, 0.2) is 88.9 Å². The summed E-state index contributed by atoms with van der Waals surface area (Å²) < 4.78 is 38.3. The first kappa shape index (κ1) is 27.5. The van der Waals surface area contributed by atoms with E-state index in [9.17, 15) is 18.0 Å². The molecule has 9 nitrogen and oxygen atoms in total. The van der Waals surface area contributed by atoms with Crippen LogP contribution < -0.4 is 4.74 Å². The molecule has 2 atom stereocenters. The number of methoxy groups -OCH3 is 1. The molecule has 3 aromatic rings. The number of hydrogen-bond acceptors (Lipinski definition) is 7. The zero-order valence-electron chi connectivity index (χ0n) is 22.4. The Kier molecular flexibility index (Phi) is 7.99. The molecule has 0 N–H and O–H groups in total. The number of hydrogen-bond donors (Lipinski definition) is 0. The molecular weight excluding hydrogens is 530 g/mol. The molecule has 1 fully saturated rings. The van der Waals surface area contributed by atoms with Crippen molar-refractivity contribution in [2.75, 3.05) is 20.3 Å². The summed E-state index contributed by atoms with van der Waals surface area (Å²) in [7, 11) is -2.30. The number of ether oxygens (including phenoxy) is 2. The number of carbonyl (C=O) groups is 2. The number of amides is 1. The second-order valence-electron chi connectivity index (χ2n) is 9.84. The van der Waals surface area contributed by atoms with Gasteiger partial charge in [-0.2, -0.15) is 9.41 Å². The minimum atomic E-state index is -3.89. The maximum atomic E-state index is 13.4. The van der Waals surface area contributed by atoms with Crippen LogP contribution in [0.5, 0.6) is 5.75 Å². The topological polar surface area (TPSA) is 106 Å². The molecule has 0 aromatic heterocycles. The van der Waals surface area contributed by atoms with Gasteiger partial charge in [0, 0.05) is 13.0 Å². The lowest BCUT2D eigenvalue weighted by molar-refractivity contribution is -0.155. The number of rotatable bonds is 8. The lowest BCUT2D eigenvalue weighted by Crippen LogP contribution is -2.42. The first-order valence-electron chi connectivity index (χ1n) is 13.1. The predicted octanol–water partition coefficient (Wildman–Crippen LogP) is 4.08. The van der Waals surface area contributed by atoms with Gasteiger partial charge in [-0.1, -0.05) is 60.2 Å². The molecule has 2 aliphatic heterocycles. The molecule has 0 saturated carbocycles. The van der Waals surface area contributed by atoms with Crippen molar-refractivity contribution in [2.45, 2.75) is 43.2 Å². The standard InChI is InChI=1S/C30H31N3O6S/c1-21-10-16-25(17-11-21)40(36,37)32-18-6-9-27(32)30(35)39-20-29(34)33-28(23-12-14-24(38-2)15-13-23)19-26(31-33)22-7-4-3-5-8-22/h3-5,7-8,10-17,27-28H,6,9,18-20H2,1-2H3/t27-,28?/m0/s1. The van der Waals surface area contributed by atoms with Gasteiger partial charge < -0.3 is 9.47 Å². The normalized spacial score (nSPS) is 19.4. The molecule has 5 rings (SSSR count). The third-order valence-corrected chi connectivity index (χ3v) is 9.14. The maximum Gasteiger partial charge on any atom is 0.324 e. The van der Waals surface area contributed by atoms with Crippen LogP contribution >= 0.6 is 0 Å². The maximum absolute atomic E-state index is 13.4. The van der Waals surface area contributed by atoms with Crippen molar-refractivity contribution in [1.82, 2.24) is 9.31 Å². The Labute approximate surface area is 234 Å². The van der Waals surface area contributed by atoms with Gasteiger partial charge in [-0.3, -0.25) is 9.59 Å². The quantitative estimate of drug-likeness (QED) is 0.384. The van der Waals surface area contributed by atoms with E-state index < -0.39 is 40.6 Å². The van der Waals surface area contributed by atoms with Crippen molar-refractivity contribution in [3.8, 4) is 5.75 Å². The van der Waals surface area contributed by atoms with Gasteiger partial charge in [-0.15, -0.1) is 0 Å². The first-order chi connectivity index (χ1) is 19.3. The van der Waals surface area contributed by atoms with Gasteiger partial charge in [0.2, 0.25) is 10.0 Å². The number of carbonyl (C=O) groups excluding carboxylic acids is 2. The minimum absolute atomic E-state index is 0.121. The molecule has 10 heteroatoms. The average Bonchev–Trinajstić information content (AvgIpc) is 3.66. The number of aryl methyl sites for hydroxylation is 1. The minimum Gasteiger partial charge on any atom is -0.497 e. The zero-order chi connectivity index (χ0) is 28.3. The highest BCUT2D eigenvalue weighted by molar-refractivity contribution is 7.89. The van der Waals surface area contributed by atoms with Crippen molar-refractivity contribution in [1.29, 1.82) is 0 Å². The van der Waals surface area contributed by atoms with Crippen molar-refractivity contribution in [3.05, 3.63) is 95.6 Å². The third kappa shape index (κ3) is 5.64. The number of hydrazone groups is 1. The number of nitrogens with zero attached hydrogens (tertiary/aromatic N) is 3. The van der Waals surface area contributed by atoms with E-state index in [2.05, 4.69) is 5.10 Å². The lowest BCUT2D eigenvalue weighted by atomic mass is 9.98. The van der Waals surface area contributed by atoms with E-state index in [4.69, 9.17) is 9.47 Å². The SMILES string of the molecule is COc1ccc(C2CC(c3ccccc3)=NN2C(=O)COC(=O)[C@@H]2CCCN2S(=O)(=O)c2ccc(C)cc2)cc1. The van der Waals surface area contributed by atoms with Crippen LogP contribution in [0, 0.1) is 6.92 Å². The predicted molar refractivity (Wildman–Crippen MR) is 149 cm³/mol. The van der Waals surface area contributed by atoms with Crippen molar-refractivity contribution in [2.24, 2.45) is 5.10 Å². The highest BCUT2D eigenvalue weighted by atomic mass is 32.2. The molecule has 1 amide bonds. The van der Waals surface area contributed by atoms with Gasteiger partial charge in [-0.25, -0.2) is 13.4 Å². The Morgan fingerprint density at radius 1 is 0.975 bits per heavy atom. The summed E-state index contributed by atoms with van der Waals surface area (Å²) in [6.45, 7) is 1.53. The van der Waals surface area contributed by atoms with E-state index >= 15 is 0 Å². The van der Waals surface area contributed by atoms with Crippen LogP contribution in [0.2, 0.25) is 0 Å². The van der Waals surface area contributed by atoms with E-state index in [0.29, 0.717) is 25.0 Å². The molecule has 1 saturated heterocycles. The largest absolute Gasteiger partial charge is 0.497 e. The number of sulfonamides is 1. The molecule has 40 heavy (non-hydrogen) atoms. The molecular formula is C30H31N3O6S. The van der Waals surface area contributed by atoms with E-state index in [1.165, 1.54) is 21.4 Å². The fourth-order valence-electron chi connectivity index (χ4n) is 5.04.